The van der Waals surface area contributed by atoms with Crippen LogP contribution in [0.1, 0.15) is 6.42 Å². The van der Waals surface area contributed by atoms with Crippen LogP contribution in [0.5, 0.6) is 5.75 Å². The number of esters is 1. The summed E-state index contributed by atoms with van der Waals surface area (Å²) in [4.78, 5) is 11.1. The summed E-state index contributed by atoms with van der Waals surface area (Å²) >= 11 is 0. The third-order valence-electron chi connectivity index (χ3n) is 2.23. The van der Waals surface area contributed by atoms with E-state index in [1.807, 2.05) is 0 Å². The van der Waals surface area contributed by atoms with Crippen molar-refractivity contribution in [3.05, 3.63) is 23.8 Å². The van der Waals surface area contributed by atoms with E-state index >= 15 is 0 Å². The van der Waals surface area contributed by atoms with Gasteiger partial charge in [0, 0.05) is 6.42 Å². The number of rotatable bonds is 2. The summed E-state index contributed by atoms with van der Waals surface area (Å²) in [7, 11) is 0. The predicted molar refractivity (Wildman–Crippen MR) is 50.8 cm³/mol. The Morgan fingerprint density at radius 3 is 2.81 bits per heavy atom. The first-order valence-electron chi connectivity index (χ1n) is 4.66. The molecular formula is C10H9F2NO3. The molecule has 1 aromatic carbocycles. The maximum absolute atomic E-state index is 13.3. The molecule has 1 unspecified atom stereocenters. The highest BCUT2D eigenvalue weighted by atomic mass is 19.2. The van der Waals surface area contributed by atoms with Gasteiger partial charge in [-0.25, -0.2) is 9.18 Å². The summed E-state index contributed by atoms with van der Waals surface area (Å²) in [6.07, 6.45) is -0.618. The number of ether oxygens (including phenoxy) is 2. The van der Waals surface area contributed by atoms with E-state index in [2.05, 4.69) is 4.74 Å². The highest BCUT2D eigenvalue weighted by Gasteiger charge is 2.30. The molecule has 0 aliphatic carbocycles. The van der Waals surface area contributed by atoms with E-state index in [1.165, 1.54) is 6.07 Å². The second-order valence-corrected chi connectivity index (χ2v) is 3.34. The van der Waals surface area contributed by atoms with E-state index < -0.39 is 29.5 Å². The van der Waals surface area contributed by atoms with Crippen LogP contribution in [0.25, 0.3) is 0 Å². The van der Waals surface area contributed by atoms with Crippen LogP contribution in [-0.4, -0.2) is 18.7 Å². The molecule has 1 saturated heterocycles. The van der Waals surface area contributed by atoms with Crippen LogP contribution >= 0.6 is 0 Å². The lowest BCUT2D eigenvalue weighted by atomic mass is 10.2. The molecule has 0 radical (unpaired) electrons. The molecule has 2 N–H and O–H groups in total. The smallest absolute Gasteiger partial charge is 0.347 e. The van der Waals surface area contributed by atoms with Crippen molar-refractivity contribution in [2.75, 3.05) is 12.3 Å². The summed E-state index contributed by atoms with van der Waals surface area (Å²) in [5.74, 6) is -3.30. The highest BCUT2D eigenvalue weighted by molar-refractivity contribution is 5.77. The number of halogens is 2. The van der Waals surface area contributed by atoms with E-state index in [9.17, 15) is 13.6 Å². The fraction of sp³-hybridized carbons (Fsp3) is 0.300. The van der Waals surface area contributed by atoms with E-state index in [1.54, 1.807) is 0 Å². The van der Waals surface area contributed by atoms with Crippen molar-refractivity contribution in [3.8, 4) is 5.75 Å². The second-order valence-electron chi connectivity index (χ2n) is 3.34. The van der Waals surface area contributed by atoms with E-state index in [-0.39, 0.29) is 12.3 Å². The zero-order valence-corrected chi connectivity index (χ0v) is 8.20. The average molecular weight is 229 g/mol. The van der Waals surface area contributed by atoms with Crippen LogP contribution in [0, 0.1) is 11.6 Å². The number of benzene rings is 1. The van der Waals surface area contributed by atoms with Crippen LogP contribution in [0.3, 0.4) is 0 Å². The number of carbonyl (C=O) groups excluding carboxylic acids is 1. The highest BCUT2D eigenvalue weighted by Crippen LogP contribution is 2.29. The number of nitrogen functional groups attached to an aromatic ring is 1. The van der Waals surface area contributed by atoms with Gasteiger partial charge in [0.15, 0.2) is 17.7 Å². The summed E-state index contributed by atoms with van der Waals surface area (Å²) in [5.41, 5.74) is 5.37. The van der Waals surface area contributed by atoms with Gasteiger partial charge in [0.25, 0.3) is 0 Å². The molecule has 2 rings (SSSR count). The minimum atomic E-state index is -1.19. The Balaban J connectivity index is 2.27. The van der Waals surface area contributed by atoms with Crippen molar-refractivity contribution in [1.82, 2.24) is 0 Å². The third-order valence-corrected chi connectivity index (χ3v) is 2.23. The number of carbonyl (C=O) groups is 1. The Hall–Kier alpha value is -1.85. The fourth-order valence-corrected chi connectivity index (χ4v) is 1.39. The normalized spacial score (nSPS) is 19.6. The molecule has 0 amide bonds. The minimum Gasteiger partial charge on any atom is -0.473 e. The lowest BCUT2D eigenvalue weighted by Gasteiger charge is -2.12. The molecule has 0 saturated carbocycles. The molecule has 1 aliphatic rings. The molecule has 0 aromatic heterocycles. The van der Waals surface area contributed by atoms with Gasteiger partial charge in [-0.1, -0.05) is 0 Å². The van der Waals surface area contributed by atoms with Crippen molar-refractivity contribution in [2.24, 2.45) is 0 Å². The predicted octanol–water partition coefficient (Wildman–Crippen LogP) is 1.24. The third kappa shape index (κ3) is 1.78. The van der Waals surface area contributed by atoms with Gasteiger partial charge in [-0.05, 0) is 12.1 Å². The molecule has 0 bridgehead atoms. The van der Waals surface area contributed by atoms with Gasteiger partial charge in [-0.3, -0.25) is 0 Å². The van der Waals surface area contributed by atoms with Crippen molar-refractivity contribution in [3.63, 3.8) is 0 Å². The first-order valence-corrected chi connectivity index (χ1v) is 4.66. The van der Waals surface area contributed by atoms with Crippen molar-refractivity contribution < 1.29 is 23.0 Å². The van der Waals surface area contributed by atoms with Crippen LogP contribution < -0.4 is 10.5 Å². The van der Waals surface area contributed by atoms with Crippen LogP contribution in [0.2, 0.25) is 0 Å². The number of hydrogen-bond donors (Lipinski definition) is 1. The van der Waals surface area contributed by atoms with E-state index in [0.29, 0.717) is 6.42 Å². The largest absolute Gasteiger partial charge is 0.473 e. The minimum absolute atomic E-state index is 0.0569. The molecule has 0 spiro atoms. The Labute approximate surface area is 89.9 Å². The van der Waals surface area contributed by atoms with Gasteiger partial charge >= 0.3 is 5.97 Å². The summed E-state index contributed by atoms with van der Waals surface area (Å²) in [6, 6.07) is 2.07. The SMILES string of the molecule is Nc1ccc(F)c(F)c1OC1CCOC1=O. The second kappa shape index (κ2) is 3.96. The average Bonchev–Trinajstić information content (AvgIpc) is 2.65. The van der Waals surface area contributed by atoms with Crippen molar-refractivity contribution in [1.29, 1.82) is 0 Å². The number of anilines is 1. The molecule has 1 atom stereocenters. The maximum atomic E-state index is 13.3. The maximum Gasteiger partial charge on any atom is 0.347 e. The Morgan fingerprint density at radius 2 is 2.19 bits per heavy atom. The van der Waals surface area contributed by atoms with Crippen LogP contribution in [0.15, 0.2) is 12.1 Å². The van der Waals surface area contributed by atoms with Gasteiger partial charge in [-0.2, -0.15) is 4.39 Å². The molecule has 1 heterocycles. The summed E-state index contributed by atoms with van der Waals surface area (Å²) < 4.78 is 35.9. The lowest BCUT2D eigenvalue weighted by molar-refractivity contribution is -0.143. The van der Waals surface area contributed by atoms with Gasteiger partial charge in [0.2, 0.25) is 5.82 Å². The Kier molecular flexibility index (Phi) is 2.64. The molecule has 86 valence electrons. The number of cyclic esters (lactones) is 1. The first kappa shape index (κ1) is 10.7. The zero-order valence-electron chi connectivity index (χ0n) is 8.20. The fourth-order valence-electron chi connectivity index (χ4n) is 1.39. The lowest BCUT2D eigenvalue weighted by Crippen LogP contribution is -2.23. The number of nitrogens with two attached hydrogens (primary N) is 1. The number of hydrogen-bond acceptors (Lipinski definition) is 4. The molecule has 1 aliphatic heterocycles. The molecule has 4 nitrogen and oxygen atoms in total. The molecule has 1 fully saturated rings. The van der Waals surface area contributed by atoms with Gasteiger partial charge in [-0.15, -0.1) is 0 Å². The topological polar surface area (TPSA) is 61.6 Å². The van der Waals surface area contributed by atoms with Gasteiger partial charge in [0.05, 0.1) is 12.3 Å². The molecule has 1 aromatic rings. The summed E-state index contributed by atoms with van der Waals surface area (Å²) in [6.45, 7) is 0.209. The quantitative estimate of drug-likeness (QED) is 0.612. The van der Waals surface area contributed by atoms with E-state index in [4.69, 9.17) is 10.5 Å². The Bertz CT molecular complexity index is 436. The van der Waals surface area contributed by atoms with E-state index in [0.717, 1.165) is 6.07 Å². The monoisotopic (exact) mass is 229 g/mol. The standard InChI is InChI=1S/C10H9F2NO3/c11-5-1-2-6(13)9(8(5)12)16-7-3-4-15-10(7)14/h1-2,7H,3-4,13H2. The van der Waals surface area contributed by atoms with Crippen LogP contribution in [-0.2, 0) is 9.53 Å². The Morgan fingerprint density at radius 1 is 1.44 bits per heavy atom. The van der Waals surface area contributed by atoms with Crippen LogP contribution in [0.4, 0.5) is 14.5 Å². The first-order chi connectivity index (χ1) is 7.59. The molecule has 16 heavy (non-hydrogen) atoms. The molecule has 6 heteroatoms. The zero-order chi connectivity index (χ0) is 11.7. The molecular weight excluding hydrogens is 220 g/mol. The van der Waals surface area contributed by atoms with Crippen molar-refractivity contribution >= 4 is 11.7 Å². The van der Waals surface area contributed by atoms with Gasteiger partial charge < -0.3 is 15.2 Å². The van der Waals surface area contributed by atoms with Crippen molar-refractivity contribution in [2.45, 2.75) is 12.5 Å². The van der Waals surface area contributed by atoms with Gasteiger partial charge in [0.1, 0.15) is 0 Å². The summed E-state index contributed by atoms with van der Waals surface area (Å²) in [5, 5.41) is 0.